The third-order valence-electron chi connectivity index (χ3n) is 2.44. The van der Waals surface area contributed by atoms with Crippen molar-refractivity contribution < 1.29 is 12.6 Å². The Labute approximate surface area is 110 Å². The van der Waals surface area contributed by atoms with Crippen LogP contribution in [0.25, 0.3) is 0 Å². The topological polar surface area (TPSA) is 43.4 Å². The van der Waals surface area contributed by atoms with Gasteiger partial charge in [0.05, 0.1) is 5.41 Å². The molecule has 0 radical (unpaired) electrons. The molecule has 0 N–H and O–H groups in total. The van der Waals surface area contributed by atoms with Gasteiger partial charge in [-0.15, -0.1) is 0 Å². The molecular formula is C14H20O3S. The molecule has 0 atom stereocenters. The molecule has 1 aromatic rings. The van der Waals surface area contributed by atoms with Gasteiger partial charge in [-0.3, -0.25) is 0 Å². The molecule has 0 unspecified atom stereocenters. The zero-order chi connectivity index (χ0) is 13.3. The monoisotopic (exact) mass is 268 g/mol. The molecule has 100 valence electrons. The average molecular weight is 268 g/mol. The van der Waals surface area contributed by atoms with Gasteiger partial charge in [0.15, 0.2) is 0 Å². The van der Waals surface area contributed by atoms with E-state index in [4.69, 9.17) is 4.18 Å². The van der Waals surface area contributed by atoms with Gasteiger partial charge in [-0.1, -0.05) is 50.5 Å². The van der Waals surface area contributed by atoms with Crippen LogP contribution >= 0.6 is 0 Å². The fourth-order valence-corrected chi connectivity index (χ4v) is 2.32. The molecule has 1 aromatic carbocycles. The zero-order valence-corrected chi connectivity index (χ0v) is 11.5. The van der Waals surface area contributed by atoms with Crippen LogP contribution in [0.15, 0.2) is 41.8 Å². The van der Waals surface area contributed by atoms with Crippen molar-refractivity contribution in [3.05, 3.63) is 41.8 Å². The first kappa shape index (κ1) is 14.8. The summed E-state index contributed by atoms with van der Waals surface area (Å²) in [5.74, 6) is 0.341. The van der Waals surface area contributed by atoms with E-state index in [2.05, 4.69) is 6.92 Å². The van der Waals surface area contributed by atoms with Crippen molar-refractivity contribution in [2.24, 2.45) is 0 Å². The lowest BCUT2D eigenvalue weighted by Gasteiger charge is -2.02. The third-order valence-corrected chi connectivity index (χ3v) is 3.39. The molecule has 0 heterocycles. The van der Waals surface area contributed by atoms with Crippen molar-refractivity contribution in [2.75, 3.05) is 0 Å². The van der Waals surface area contributed by atoms with E-state index in [0.29, 0.717) is 5.75 Å². The fourth-order valence-electron chi connectivity index (χ4n) is 1.51. The average Bonchev–Trinajstić information content (AvgIpc) is 2.34. The summed E-state index contributed by atoms with van der Waals surface area (Å²) in [6.07, 6.45) is 6.97. The van der Waals surface area contributed by atoms with Crippen LogP contribution in [-0.4, -0.2) is 8.42 Å². The standard InChI is InChI=1S/C14H20O3S/c1-2-3-4-5-6-10-13-18(15,16)17-14-11-8-7-9-12-14/h7-13H,2-6H2,1H3. The van der Waals surface area contributed by atoms with E-state index in [1.54, 1.807) is 30.3 Å². The summed E-state index contributed by atoms with van der Waals surface area (Å²) in [6.45, 7) is 2.15. The van der Waals surface area contributed by atoms with Gasteiger partial charge in [0.25, 0.3) is 0 Å². The number of hydrogen-bond acceptors (Lipinski definition) is 3. The summed E-state index contributed by atoms with van der Waals surface area (Å²) in [5.41, 5.74) is 0. The van der Waals surface area contributed by atoms with E-state index >= 15 is 0 Å². The lowest BCUT2D eigenvalue weighted by atomic mass is 10.2. The second kappa shape index (κ2) is 7.93. The molecule has 0 amide bonds. The van der Waals surface area contributed by atoms with Crippen LogP contribution in [-0.2, 0) is 10.1 Å². The van der Waals surface area contributed by atoms with Crippen LogP contribution in [0.2, 0.25) is 0 Å². The van der Waals surface area contributed by atoms with E-state index in [0.717, 1.165) is 24.7 Å². The Hall–Kier alpha value is -1.29. The summed E-state index contributed by atoms with van der Waals surface area (Å²) in [4.78, 5) is 0. The van der Waals surface area contributed by atoms with Gasteiger partial charge in [-0.2, -0.15) is 8.42 Å². The highest BCUT2D eigenvalue weighted by molar-refractivity contribution is 7.90. The highest BCUT2D eigenvalue weighted by Gasteiger charge is 2.06. The third kappa shape index (κ3) is 6.45. The van der Waals surface area contributed by atoms with Crippen LogP contribution in [0.3, 0.4) is 0 Å². The Morgan fingerprint density at radius 1 is 1.11 bits per heavy atom. The van der Waals surface area contributed by atoms with Crippen LogP contribution in [0.5, 0.6) is 5.75 Å². The summed E-state index contributed by atoms with van der Waals surface area (Å²) in [5, 5.41) is 1.14. The smallest absolute Gasteiger partial charge is 0.331 e. The predicted molar refractivity (Wildman–Crippen MR) is 73.9 cm³/mol. The predicted octanol–water partition coefficient (Wildman–Crippen LogP) is 3.88. The zero-order valence-electron chi connectivity index (χ0n) is 10.7. The molecular weight excluding hydrogens is 248 g/mol. The maximum absolute atomic E-state index is 11.6. The SMILES string of the molecule is CCCCCCC=CS(=O)(=O)Oc1ccccc1. The molecule has 0 fully saturated rings. The van der Waals surface area contributed by atoms with E-state index < -0.39 is 10.1 Å². The van der Waals surface area contributed by atoms with Crippen molar-refractivity contribution in [2.45, 2.75) is 39.0 Å². The first-order valence-corrected chi connectivity index (χ1v) is 7.77. The molecule has 0 saturated carbocycles. The lowest BCUT2D eigenvalue weighted by Crippen LogP contribution is -2.04. The number of rotatable bonds is 8. The van der Waals surface area contributed by atoms with E-state index in [9.17, 15) is 8.42 Å². The first-order valence-electron chi connectivity index (χ1n) is 6.30. The molecule has 1 rings (SSSR count). The van der Waals surface area contributed by atoms with Gasteiger partial charge >= 0.3 is 10.1 Å². The molecule has 0 aliphatic heterocycles. The van der Waals surface area contributed by atoms with Gasteiger partial charge in [0.2, 0.25) is 0 Å². The Kier molecular flexibility index (Phi) is 6.50. The fraction of sp³-hybridized carbons (Fsp3) is 0.429. The highest BCUT2D eigenvalue weighted by Crippen LogP contribution is 2.12. The number of para-hydroxylation sites is 1. The molecule has 0 bridgehead atoms. The second-order valence-corrected chi connectivity index (χ2v) is 5.53. The largest absolute Gasteiger partial charge is 0.379 e. The molecule has 0 spiro atoms. The number of hydrogen-bond donors (Lipinski definition) is 0. The van der Waals surface area contributed by atoms with Crippen molar-refractivity contribution in [1.82, 2.24) is 0 Å². The maximum atomic E-state index is 11.6. The van der Waals surface area contributed by atoms with Gasteiger partial charge in [0.1, 0.15) is 5.75 Å². The Balaban J connectivity index is 2.38. The Morgan fingerprint density at radius 3 is 2.50 bits per heavy atom. The van der Waals surface area contributed by atoms with Crippen LogP contribution in [0.4, 0.5) is 0 Å². The van der Waals surface area contributed by atoms with Crippen LogP contribution in [0, 0.1) is 0 Å². The van der Waals surface area contributed by atoms with Gasteiger partial charge < -0.3 is 4.18 Å². The number of allylic oxidation sites excluding steroid dienone is 1. The normalized spacial score (nSPS) is 11.8. The second-order valence-electron chi connectivity index (χ2n) is 4.11. The van der Waals surface area contributed by atoms with Gasteiger partial charge in [-0.05, 0) is 25.0 Å². The first-order chi connectivity index (χ1) is 8.64. The van der Waals surface area contributed by atoms with E-state index in [-0.39, 0.29) is 0 Å². The Bertz CT molecular complexity index is 449. The minimum atomic E-state index is -3.61. The maximum Gasteiger partial charge on any atom is 0.331 e. The molecule has 4 heteroatoms. The Morgan fingerprint density at radius 2 is 1.83 bits per heavy atom. The van der Waals surface area contributed by atoms with E-state index in [1.807, 2.05) is 6.07 Å². The molecule has 18 heavy (non-hydrogen) atoms. The van der Waals surface area contributed by atoms with Gasteiger partial charge in [0, 0.05) is 0 Å². The number of benzene rings is 1. The van der Waals surface area contributed by atoms with Crippen molar-refractivity contribution >= 4 is 10.1 Å². The minimum absolute atomic E-state index is 0.341. The summed E-state index contributed by atoms with van der Waals surface area (Å²) >= 11 is 0. The molecule has 0 aliphatic rings. The molecule has 0 saturated heterocycles. The van der Waals surface area contributed by atoms with E-state index in [1.165, 1.54) is 12.8 Å². The molecule has 0 aliphatic carbocycles. The van der Waals surface area contributed by atoms with Crippen LogP contribution in [0.1, 0.15) is 39.0 Å². The van der Waals surface area contributed by atoms with Crippen LogP contribution < -0.4 is 4.18 Å². The lowest BCUT2D eigenvalue weighted by molar-refractivity contribution is 0.496. The number of unbranched alkanes of at least 4 members (excludes halogenated alkanes) is 4. The quantitative estimate of drug-likeness (QED) is 0.531. The summed E-state index contributed by atoms with van der Waals surface area (Å²) in [7, 11) is -3.61. The summed E-state index contributed by atoms with van der Waals surface area (Å²) < 4.78 is 28.1. The van der Waals surface area contributed by atoms with Crippen molar-refractivity contribution in [1.29, 1.82) is 0 Å². The molecule has 3 nitrogen and oxygen atoms in total. The highest BCUT2D eigenvalue weighted by atomic mass is 32.2. The minimum Gasteiger partial charge on any atom is -0.379 e. The summed E-state index contributed by atoms with van der Waals surface area (Å²) in [6, 6.07) is 8.51. The van der Waals surface area contributed by atoms with Crippen molar-refractivity contribution in [3.8, 4) is 5.75 Å². The van der Waals surface area contributed by atoms with Crippen molar-refractivity contribution in [3.63, 3.8) is 0 Å². The molecule has 0 aromatic heterocycles. The van der Waals surface area contributed by atoms with Gasteiger partial charge in [-0.25, -0.2) is 0 Å².